The van der Waals surface area contributed by atoms with Crippen molar-refractivity contribution < 1.29 is 19.8 Å². The average molecular weight is 244 g/mol. The number of nitrogens with zero attached hydrogens (tertiary/aromatic N) is 1. The van der Waals surface area contributed by atoms with Crippen molar-refractivity contribution in [2.24, 2.45) is 5.73 Å². The zero-order valence-electron chi connectivity index (χ0n) is 9.84. The van der Waals surface area contributed by atoms with E-state index in [-0.39, 0.29) is 25.6 Å². The molecule has 0 spiro atoms. The third-order valence-corrected chi connectivity index (χ3v) is 3.06. The van der Waals surface area contributed by atoms with Crippen LogP contribution in [0.5, 0.6) is 0 Å². The molecule has 1 aliphatic rings. The van der Waals surface area contributed by atoms with E-state index in [0.29, 0.717) is 0 Å². The number of carbonyl (C=O) groups excluding carboxylic acids is 1. The van der Waals surface area contributed by atoms with Crippen LogP contribution in [0.25, 0.3) is 0 Å². The van der Waals surface area contributed by atoms with Crippen molar-refractivity contribution in [2.45, 2.75) is 44.2 Å². The summed E-state index contributed by atoms with van der Waals surface area (Å²) in [6, 6.07) is 0.242. The number of hydrogen-bond donors (Lipinski definition) is 3. The van der Waals surface area contributed by atoms with Crippen LogP contribution in [-0.2, 0) is 9.59 Å². The van der Waals surface area contributed by atoms with Gasteiger partial charge in [-0.1, -0.05) is 12.8 Å². The van der Waals surface area contributed by atoms with Crippen LogP contribution in [0.4, 0.5) is 0 Å². The second-order valence-electron chi connectivity index (χ2n) is 4.59. The Balaban J connectivity index is 2.50. The summed E-state index contributed by atoms with van der Waals surface area (Å²) in [5.41, 5.74) is 5.16. The van der Waals surface area contributed by atoms with Gasteiger partial charge in [-0.3, -0.25) is 14.5 Å². The number of carboxylic acids is 1. The van der Waals surface area contributed by atoms with Gasteiger partial charge in [0.2, 0.25) is 5.91 Å². The van der Waals surface area contributed by atoms with Crippen molar-refractivity contribution in [2.75, 3.05) is 13.1 Å². The zero-order valence-corrected chi connectivity index (χ0v) is 9.84. The molecule has 0 aromatic heterocycles. The molecular weight excluding hydrogens is 224 g/mol. The number of carboxylic acid groups (broad SMARTS) is 1. The minimum atomic E-state index is -1.04. The first-order valence-corrected chi connectivity index (χ1v) is 5.91. The largest absolute Gasteiger partial charge is 0.481 e. The number of primary amides is 1. The standard InChI is InChI=1S/C11H20N2O4/c12-10(15)7-13(8-3-1-2-4-8)6-9(14)5-11(16)17/h8-9,14H,1-7H2,(H2,12,15)(H,16,17). The van der Waals surface area contributed by atoms with Gasteiger partial charge in [-0.25, -0.2) is 0 Å². The summed E-state index contributed by atoms with van der Waals surface area (Å²) in [4.78, 5) is 23.2. The highest BCUT2D eigenvalue weighted by molar-refractivity contribution is 5.76. The minimum Gasteiger partial charge on any atom is -0.481 e. The number of carbonyl (C=O) groups is 2. The summed E-state index contributed by atoms with van der Waals surface area (Å²) >= 11 is 0. The first-order valence-electron chi connectivity index (χ1n) is 5.91. The van der Waals surface area contributed by atoms with Crippen molar-refractivity contribution in [1.82, 2.24) is 4.90 Å². The van der Waals surface area contributed by atoms with Crippen molar-refractivity contribution in [1.29, 1.82) is 0 Å². The molecule has 17 heavy (non-hydrogen) atoms. The highest BCUT2D eigenvalue weighted by Gasteiger charge is 2.26. The monoisotopic (exact) mass is 244 g/mol. The van der Waals surface area contributed by atoms with Gasteiger partial charge in [0.1, 0.15) is 0 Å². The van der Waals surface area contributed by atoms with E-state index in [4.69, 9.17) is 10.8 Å². The SMILES string of the molecule is NC(=O)CN(CC(O)CC(=O)O)C1CCCC1. The molecule has 0 saturated heterocycles. The maximum atomic E-state index is 11.0. The lowest BCUT2D eigenvalue weighted by atomic mass is 10.1. The van der Waals surface area contributed by atoms with Crippen molar-refractivity contribution in [3.05, 3.63) is 0 Å². The van der Waals surface area contributed by atoms with Gasteiger partial charge in [-0.15, -0.1) is 0 Å². The summed E-state index contributed by atoms with van der Waals surface area (Å²) in [7, 11) is 0. The van der Waals surface area contributed by atoms with Crippen molar-refractivity contribution in [3.8, 4) is 0 Å². The van der Waals surface area contributed by atoms with E-state index in [0.717, 1.165) is 25.7 Å². The van der Waals surface area contributed by atoms with Gasteiger partial charge >= 0.3 is 5.97 Å². The van der Waals surface area contributed by atoms with Crippen LogP contribution in [0, 0.1) is 0 Å². The van der Waals surface area contributed by atoms with E-state index in [9.17, 15) is 14.7 Å². The number of hydrogen-bond acceptors (Lipinski definition) is 4. The Morgan fingerprint density at radius 1 is 1.35 bits per heavy atom. The maximum Gasteiger partial charge on any atom is 0.306 e. The lowest BCUT2D eigenvalue weighted by molar-refractivity contribution is -0.139. The Hall–Kier alpha value is -1.14. The highest BCUT2D eigenvalue weighted by atomic mass is 16.4. The predicted octanol–water partition coefficient (Wildman–Crippen LogP) is -0.448. The number of aliphatic carboxylic acids is 1. The van der Waals surface area contributed by atoms with Crippen LogP contribution in [0.2, 0.25) is 0 Å². The number of aliphatic hydroxyl groups is 1. The summed E-state index contributed by atoms with van der Waals surface area (Å²) < 4.78 is 0. The molecule has 0 radical (unpaired) electrons. The van der Waals surface area contributed by atoms with Gasteiger partial charge < -0.3 is 15.9 Å². The molecule has 1 fully saturated rings. The van der Waals surface area contributed by atoms with Gasteiger partial charge in [0.25, 0.3) is 0 Å². The molecule has 0 aliphatic heterocycles. The average Bonchev–Trinajstić information content (AvgIpc) is 2.66. The molecule has 4 N–H and O–H groups in total. The van der Waals surface area contributed by atoms with Gasteiger partial charge in [0.15, 0.2) is 0 Å². The van der Waals surface area contributed by atoms with Gasteiger partial charge in [0, 0.05) is 12.6 Å². The van der Waals surface area contributed by atoms with Crippen LogP contribution in [0.3, 0.4) is 0 Å². The smallest absolute Gasteiger partial charge is 0.306 e. The minimum absolute atomic E-state index is 0.0847. The second kappa shape index (κ2) is 6.56. The van der Waals surface area contributed by atoms with E-state index < -0.39 is 18.0 Å². The van der Waals surface area contributed by atoms with Crippen LogP contribution < -0.4 is 5.73 Å². The molecule has 0 bridgehead atoms. The van der Waals surface area contributed by atoms with Crippen LogP contribution in [-0.4, -0.2) is 52.2 Å². The van der Waals surface area contributed by atoms with Crippen molar-refractivity contribution >= 4 is 11.9 Å². The van der Waals surface area contributed by atoms with E-state index in [1.807, 2.05) is 4.90 Å². The lowest BCUT2D eigenvalue weighted by Crippen LogP contribution is -2.44. The van der Waals surface area contributed by atoms with E-state index in [1.165, 1.54) is 0 Å². The van der Waals surface area contributed by atoms with E-state index in [1.54, 1.807) is 0 Å². The molecule has 1 rings (SSSR count). The summed E-state index contributed by atoms with van der Waals surface area (Å²) in [6.45, 7) is 0.279. The molecule has 1 unspecified atom stereocenters. The number of rotatable bonds is 7. The van der Waals surface area contributed by atoms with Crippen LogP contribution in [0.1, 0.15) is 32.1 Å². The molecule has 0 aromatic rings. The zero-order chi connectivity index (χ0) is 12.8. The van der Waals surface area contributed by atoms with E-state index in [2.05, 4.69) is 0 Å². The number of aliphatic hydroxyl groups excluding tert-OH is 1. The second-order valence-corrected chi connectivity index (χ2v) is 4.59. The number of nitrogens with two attached hydrogens (primary N) is 1. The highest BCUT2D eigenvalue weighted by Crippen LogP contribution is 2.23. The Labute approximate surface area is 100 Å². The summed E-state index contributed by atoms with van der Waals surface area (Å²) in [6.07, 6.45) is 2.92. The van der Waals surface area contributed by atoms with Gasteiger partial charge in [0.05, 0.1) is 19.1 Å². The molecule has 0 aromatic carbocycles. The fraction of sp³-hybridized carbons (Fsp3) is 0.818. The Kier molecular flexibility index (Phi) is 5.37. The lowest BCUT2D eigenvalue weighted by Gasteiger charge is -2.29. The molecule has 6 nitrogen and oxygen atoms in total. The molecule has 1 atom stereocenters. The Bertz CT molecular complexity index is 277. The van der Waals surface area contributed by atoms with Crippen LogP contribution in [0.15, 0.2) is 0 Å². The third-order valence-electron chi connectivity index (χ3n) is 3.06. The molecule has 0 heterocycles. The first kappa shape index (κ1) is 13.9. The summed E-state index contributed by atoms with van der Waals surface area (Å²) in [5, 5.41) is 18.2. The van der Waals surface area contributed by atoms with Crippen LogP contribution >= 0.6 is 0 Å². The van der Waals surface area contributed by atoms with Gasteiger partial charge in [-0.2, -0.15) is 0 Å². The normalized spacial score (nSPS) is 18.5. The summed E-state index contributed by atoms with van der Waals surface area (Å²) in [5.74, 6) is -1.48. The van der Waals surface area contributed by atoms with E-state index >= 15 is 0 Å². The molecule has 98 valence electrons. The Morgan fingerprint density at radius 3 is 2.41 bits per heavy atom. The molecule has 6 heteroatoms. The fourth-order valence-electron chi connectivity index (χ4n) is 2.35. The van der Waals surface area contributed by atoms with Gasteiger partial charge in [-0.05, 0) is 12.8 Å². The Morgan fingerprint density at radius 2 is 1.94 bits per heavy atom. The van der Waals surface area contributed by atoms with Crippen molar-refractivity contribution in [3.63, 3.8) is 0 Å². The third kappa shape index (κ3) is 5.14. The topological polar surface area (TPSA) is 104 Å². The number of amides is 1. The maximum absolute atomic E-state index is 11.0. The first-order chi connectivity index (χ1) is 7.99. The fourth-order valence-corrected chi connectivity index (χ4v) is 2.35. The quantitative estimate of drug-likeness (QED) is 0.563. The molecule has 1 amide bonds. The molecular formula is C11H20N2O4. The molecule has 1 saturated carbocycles. The predicted molar refractivity (Wildman–Crippen MR) is 61.3 cm³/mol. The molecule has 1 aliphatic carbocycles.